The van der Waals surface area contributed by atoms with Gasteiger partial charge in [-0.15, -0.1) is 0 Å². The van der Waals surface area contributed by atoms with Gasteiger partial charge < -0.3 is 0 Å². The smallest absolute Gasteiger partial charge is 0.274 e. The number of rotatable bonds is 1. The third-order valence-electron chi connectivity index (χ3n) is 2.38. The van der Waals surface area contributed by atoms with Crippen LogP contribution in [0.15, 0.2) is 35.3 Å². The highest BCUT2D eigenvalue weighted by molar-refractivity contribution is 5.59. The molecule has 0 bridgehead atoms. The Labute approximate surface area is 81.5 Å². The van der Waals surface area contributed by atoms with E-state index in [1.54, 1.807) is 30.5 Å². The Balaban J connectivity index is 2.33. The van der Waals surface area contributed by atoms with Crippen LogP contribution in [-0.2, 0) is 0 Å². The summed E-state index contributed by atoms with van der Waals surface area (Å²) in [7, 11) is 0. The maximum Gasteiger partial charge on any atom is 0.274 e. The van der Waals surface area contributed by atoms with Crippen LogP contribution in [0.2, 0.25) is 0 Å². The number of nitrogens with zero attached hydrogens (tertiary/aromatic N) is 1. The van der Waals surface area contributed by atoms with Gasteiger partial charge in [-0.25, -0.2) is 8.78 Å². The number of alkyl halides is 2. The molecule has 1 aromatic carbocycles. The van der Waals surface area contributed by atoms with E-state index in [0.29, 0.717) is 12.0 Å². The Morgan fingerprint density at radius 3 is 2.57 bits per heavy atom. The first-order valence-corrected chi connectivity index (χ1v) is 4.64. The van der Waals surface area contributed by atoms with E-state index in [2.05, 4.69) is 4.99 Å². The Morgan fingerprint density at radius 2 is 1.93 bits per heavy atom. The second-order valence-electron chi connectivity index (χ2n) is 3.44. The molecule has 0 amide bonds. The van der Waals surface area contributed by atoms with Crippen molar-refractivity contribution in [1.82, 2.24) is 0 Å². The topological polar surface area (TPSA) is 12.4 Å². The van der Waals surface area contributed by atoms with E-state index in [-0.39, 0.29) is 6.42 Å². The number of benzene rings is 1. The van der Waals surface area contributed by atoms with Crippen molar-refractivity contribution in [1.29, 1.82) is 0 Å². The summed E-state index contributed by atoms with van der Waals surface area (Å²) in [6.07, 6.45) is 1.86. The second kappa shape index (κ2) is 3.48. The number of hydrogen-bond donors (Lipinski definition) is 0. The van der Waals surface area contributed by atoms with Crippen molar-refractivity contribution >= 4 is 6.21 Å². The number of aliphatic imine (C=N–C) groups is 1. The van der Waals surface area contributed by atoms with E-state index in [1.165, 1.54) is 0 Å². The first-order valence-electron chi connectivity index (χ1n) is 4.64. The zero-order valence-corrected chi connectivity index (χ0v) is 7.66. The van der Waals surface area contributed by atoms with E-state index in [4.69, 9.17) is 0 Å². The quantitative estimate of drug-likeness (QED) is 0.652. The van der Waals surface area contributed by atoms with E-state index in [9.17, 15) is 8.78 Å². The van der Waals surface area contributed by atoms with Crippen molar-refractivity contribution in [2.45, 2.75) is 24.8 Å². The molecule has 1 aliphatic rings. The van der Waals surface area contributed by atoms with Crippen molar-refractivity contribution in [3.63, 3.8) is 0 Å². The van der Waals surface area contributed by atoms with E-state index in [0.717, 1.165) is 0 Å². The molecule has 0 fully saturated rings. The first kappa shape index (κ1) is 9.31. The zero-order valence-electron chi connectivity index (χ0n) is 7.66. The monoisotopic (exact) mass is 195 g/mol. The molecule has 0 aromatic heterocycles. The molecule has 0 saturated heterocycles. The summed E-state index contributed by atoms with van der Waals surface area (Å²) in [6, 6.07) is 7.74. The first-order chi connectivity index (χ1) is 6.70. The molecule has 0 aliphatic carbocycles. The van der Waals surface area contributed by atoms with Crippen LogP contribution in [0.4, 0.5) is 8.78 Å². The zero-order chi connectivity index (χ0) is 10.0. The molecule has 1 unspecified atom stereocenters. The summed E-state index contributed by atoms with van der Waals surface area (Å²) in [4.78, 5) is 3.88. The Bertz CT molecular complexity index is 332. The maximum absolute atomic E-state index is 13.4. The molecule has 1 aromatic rings. The van der Waals surface area contributed by atoms with E-state index in [1.807, 2.05) is 6.07 Å². The lowest BCUT2D eigenvalue weighted by atomic mass is 9.96. The molecular weight excluding hydrogens is 184 g/mol. The number of halogens is 2. The summed E-state index contributed by atoms with van der Waals surface area (Å²) in [6.45, 7) is 0. The van der Waals surface area contributed by atoms with Gasteiger partial charge in [0.1, 0.15) is 6.04 Å². The van der Waals surface area contributed by atoms with Crippen LogP contribution in [0.3, 0.4) is 0 Å². The van der Waals surface area contributed by atoms with Gasteiger partial charge in [0.05, 0.1) is 0 Å². The molecule has 1 aliphatic heterocycles. The van der Waals surface area contributed by atoms with Gasteiger partial charge in [0.2, 0.25) is 0 Å². The molecule has 0 spiro atoms. The van der Waals surface area contributed by atoms with Gasteiger partial charge in [-0.05, 0) is 18.2 Å². The third kappa shape index (κ3) is 1.67. The van der Waals surface area contributed by atoms with Gasteiger partial charge in [0.25, 0.3) is 5.92 Å². The van der Waals surface area contributed by atoms with E-state index < -0.39 is 12.0 Å². The summed E-state index contributed by atoms with van der Waals surface area (Å²) >= 11 is 0. The minimum absolute atomic E-state index is 0.101. The minimum atomic E-state index is -2.70. The summed E-state index contributed by atoms with van der Waals surface area (Å²) in [5, 5.41) is 0. The molecule has 2 rings (SSSR count). The molecule has 1 atom stereocenters. The maximum atomic E-state index is 13.4. The van der Waals surface area contributed by atoms with Gasteiger partial charge in [0, 0.05) is 6.42 Å². The van der Waals surface area contributed by atoms with Crippen LogP contribution in [-0.4, -0.2) is 12.1 Å². The highest BCUT2D eigenvalue weighted by Crippen LogP contribution is 2.39. The van der Waals surface area contributed by atoms with Crippen molar-refractivity contribution < 1.29 is 8.78 Å². The molecule has 1 heterocycles. The summed E-state index contributed by atoms with van der Waals surface area (Å²) in [5.41, 5.74) is 0.591. The van der Waals surface area contributed by atoms with Gasteiger partial charge in [0.15, 0.2) is 0 Å². The van der Waals surface area contributed by atoms with Gasteiger partial charge in [-0.3, -0.25) is 4.99 Å². The lowest BCUT2D eigenvalue weighted by Crippen LogP contribution is -2.28. The fourth-order valence-electron chi connectivity index (χ4n) is 1.65. The normalized spacial score (nSPS) is 24.9. The molecule has 3 heteroatoms. The molecule has 74 valence electrons. The van der Waals surface area contributed by atoms with E-state index >= 15 is 0 Å². The Hall–Kier alpha value is -1.25. The summed E-state index contributed by atoms with van der Waals surface area (Å²) in [5.74, 6) is -2.70. The van der Waals surface area contributed by atoms with Crippen molar-refractivity contribution in [2.24, 2.45) is 4.99 Å². The molecule has 0 N–H and O–H groups in total. The molecular formula is C11H11F2N. The molecule has 0 saturated carbocycles. The predicted octanol–water partition coefficient (Wildman–Crippen LogP) is 3.23. The number of hydrogen-bond acceptors (Lipinski definition) is 1. The van der Waals surface area contributed by atoms with Gasteiger partial charge in [-0.2, -0.15) is 0 Å². The molecule has 1 nitrogen and oxygen atoms in total. The van der Waals surface area contributed by atoms with Crippen LogP contribution >= 0.6 is 0 Å². The molecule has 0 radical (unpaired) electrons. The van der Waals surface area contributed by atoms with Gasteiger partial charge >= 0.3 is 0 Å². The largest absolute Gasteiger partial charge is 0.283 e. The van der Waals surface area contributed by atoms with Crippen molar-refractivity contribution in [3.8, 4) is 0 Å². The van der Waals surface area contributed by atoms with Crippen LogP contribution in [0.1, 0.15) is 24.4 Å². The third-order valence-corrected chi connectivity index (χ3v) is 2.38. The van der Waals surface area contributed by atoms with Crippen LogP contribution < -0.4 is 0 Å². The van der Waals surface area contributed by atoms with Crippen LogP contribution in [0.25, 0.3) is 0 Å². The lowest BCUT2D eigenvalue weighted by molar-refractivity contribution is -0.0351. The van der Waals surface area contributed by atoms with Crippen LogP contribution in [0.5, 0.6) is 0 Å². The average molecular weight is 195 g/mol. The Morgan fingerprint density at radius 1 is 1.21 bits per heavy atom. The van der Waals surface area contributed by atoms with Crippen molar-refractivity contribution in [2.75, 3.05) is 0 Å². The fraction of sp³-hybridized carbons (Fsp3) is 0.364. The molecule has 14 heavy (non-hydrogen) atoms. The average Bonchev–Trinajstić information content (AvgIpc) is 2.18. The minimum Gasteiger partial charge on any atom is -0.283 e. The second-order valence-corrected chi connectivity index (χ2v) is 3.44. The summed E-state index contributed by atoms with van der Waals surface area (Å²) < 4.78 is 26.9. The highest BCUT2D eigenvalue weighted by atomic mass is 19.3. The standard InChI is InChI=1S/C11H11F2N/c12-11(13)7-4-8-14-10(11)9-5-2-1-3-6-9/h1-3,5-6,8,10H,4,7H2. The lowest BCUT2D eigenvalue weighted by Gasteiger charge is -2.26. The Kier molecular flexibility index (Phi) is 2.32. The highest BCUT2D eigenvalue weighted by Gasteiger charge is 2.41. The predicted molar refractivity (Wildman–Crippen MR) is 51.9 cm³/mol. The van der Waals surface area contributed by atoms with Crippen LogP contribution in [0, 0.1) is 0 Å². The SMILES string of the molecule is FC1(F)CCC=NC1c1ccccc1. The fourth-order valence-corrected chi connectivity index (χ4v) is 1.65. The van der Waals surface area contributed by atoms with Gasteiger partial charge in [-0.1, -0.05) is 30.3 Å². The van der Waals surface area contributed by atoms with Crippen molar-refractivity contribution in [3.05, 3.63) is 35.9 Å².